The van der Waals surface area contributed by atoms with Crippen LogP contribution in [-0.2, 0) is 9.84 Å². The van der Waals surface area contributed by atoms with Crippen molar-refractivity contribution in [2.75, 3.05) is 30.7 Å². The van der Waals surface area contributed by atoms with Crippen molar-refractivity contribution >= 4 is 21.5 Å². The lowest BCUT2D eigenvalue weighted by Crippen LogP contribution is -2.38. The molecule has 0 fully saturated rings. The van der Waals surface area contributed by atoms with Crippen LogP contribution in [0.15, 0.2) is 6.33 Å². The van der Waals surface area contributed by atoms with Crippen molar-refractivity contribution in [1.82, 2.24) is 9.97 Å². The highest BCUT2D eigenvalue weighted by molar-refractivity contribution is 7.92. The molecule has 1 rings (SSSR count). The summed E-state index contributed by atoms with van der Waals surface area (Å²) in [4.78, 5) is 7.90. The van der Waals surface area contributed by atoms with Crippen molar-refractivity contribution in [2.24, 2.45) is 5.84 Å². The number of rotatable bonds is 6. The molecule has 0 unspecified atom stereocenters. The van der Waals surface area contributed by atoms with E-state index in [0.717, 1.165) is 0 Å². The van der Waals surface area contributed by atoms with E-state index in [2.05, 4.69) is 20.7 Å². The van der Waals surface area contributed by atoms with Crippen molar-refractivity contribution in [1.29, 1.82) is 0 Å². The smallest absolute Gasteiger partial charge is 0.205 e. The number of methoxy groups -OCH3 is 1. The second-order valence-corrected chi connectivity index (χ2v) is 7.28. The minimum atomic E-state index is -3.19. The van der Waals surface area contributed by atoms with Gasteiger partial charge >= 0.3 is 0 Å². The topological polar surface area (TPSA) is 119 Å². The molecule has 0 spiro atoms. The molecular weight excluding hydrogens is 270 g/mol. The molecule has 0 aromatic carbocycles. The van der Waals surface area contributed by atoms with E-state index in [-0.39, 0.29) is 6.54 Å². The Morgan fingerprint density at radius 3 is 2.42 bits per heavy atom. The summed E-state index contributed by atoms with van der Waals surface area (Å²) in [7, 11) is -1.74. The summed E-state index contributed by atoms with van der Waals surface area (Å²) < 4.78 is 27.4. The molecule has 1 aromatic heterocycles. The van der Waals surface area contributed by atoms with Gasteiger partial charge in [-0.1, -0.05) is 0 Å². The van der Waals surface area contributed by atoms with Gasteiger partial charge in [0.15, 0.2) is 21.5 Å². The summed E-state index contributed by atoms with van der Waals surface area (Å²) in [6.07, 6.45) is 2.49. The van der Waals surface area contributed by atoms with Crippen LogP contribution in [-0.4, -0.2) is 43.0 Å². The zero-order valence-electron chi connectivity index (χ0n) is 11.4. The molecule has 0 atom stereocenters. The number of nitrogens with zero attached hydrogens (tertiary/aromatic N) is 2. The monoisotopic (exact) mass is 289 g/mol. The van der Waals surface area contributed by atoms with Crippen LogP contribution >= 0.6 is 0 Å². The number of ether oxygens (including phenoxy) is 1. The highest BCUT2D eigenvalue weighted by atomic mass is 32.2. The summed E-state index contributed by atoms with van der Waals surface area (Å²) in [6.45, 7) is 3.44. The van der Waals surface area contributed by atoms with Gasteiger partial charge < -0.3 is 15.5 Å². The molecule has 0 saturated heterocycles. The second-order valence-electron chi connectivity index (χ2n) is 4.63. The molecule has 0 aliphatic heterocycles. The van der Waals surface area contributed by atoms with E-state index in [1.807, 2.05) is 0 Å². The molecule has 8 nitrogen and oxygen atoms in total. The summed E-state index contributed by atoms with van der Waals surface area (Å²) in [5, 5.41) is 2.93. The lowest BCUT2D eigenvalue weighted by molar-refractivity contribution is 0.414. The largest absolute Gasteiger partial charge is 0.490 e. The van der Waals surface area contributed by atoms with E-state index >= 15 is 0 Å². The fourth-order valence-electron chi connectivity index (χ4n) is 1.22. The average Bonchev–Trinajstić information content (AvgIpc) is 2.34. The van der Waals surface area contributed by atoms with Gasteiger partial charge in [-0.05, 0) is 13.8 Å². The number of hydrazine groups is 1. The Bertz CT molecular complexity index is 544. The summed E-state index contributed by atoms with van der Waals surface area (Å²) >= 11 is 0. The first-order valence-corrected chi connectivity index (χ1v) is 7.41. The number of aromatic nitrogens is 2. The highest BCUT2D eigenvalue weighted by Gasteiger charge is 2.30. The van der Waals surface area contributed by atoms with Crippen molar-refractivity contribution in [3.05, 3.63) is 6.33 Å². The predicted octanol–water partition coefficient (Wildman–Crippen LogP) is 0.00590. The van der Waals surface area contributed by atoms with Gasteiger partial charge in [0.2, 0.25) is 5.75 Å². The maximum absolute atomic E-state index is 11.6. The maximum atomic E-state index is 11.6. The molecule has 9 heteroatoms. The van der Waals surface area contributed by atoms with Crippen LogP contribution in [0.3, 0.4) is 0 Å². The fraction of sp³-hybridized carbons (Fsp3) is 0.600. The van der Waals surface area contributed by atoms with E-state index in [4.69, 9.17) is 10.6 Å². The molecule has 0 bridgehead atoms. The van der Waals surface area contributed by atoms with Gasteiger partial charge in [0.1, 0.15) is 6.33 Å². The van der Waals surface area contributed by atoms with Crippen LogP contribution in [0.25, 0.3) is 0 Å². The van der Waals surface area contributed by atoms with Gasteiger partial charge in [-0.2, -0.15) is 0 Å². The Kier molecular flexibility index (Phi) is 4.53. The second kappa shape index (κ2) is 5.57. The molecule has 0 aliphatic rings. The Morgan fingerprint density at radius 2 is 1.95 bits per heavy atom. The third kappa shape index (κ3) is 3.44. The van der Waals surface area contributed by atoms with Gasteiger partial charge in [0, 0.05) is 12.8 Å². The lowest BCUT2D eigenvalue weighted by atomic mass is 10.2. The van der Waals surface area contributed by atoms with Gasteiger partial charge in [-0.3, -0.25) is 0 Å². The Morgan fingerprint density at radius 1 is 1.37 bits per heavy atom. The van der Waals surface area contributed by atoms with Crippen LogP contribution < -0.4 is 21.3 Å². The highest BCUT2D eigenvalue weighted by Crippen LogP contribution is 2.28. The lowest BCUT2D eigenvalue weighted by Gasteiger charge is -2.23. The molecule has 1 heterocycles. The third-order valence-corrected chi connectivity index (χ3v) is 4.98. The van der Waals surface area contributed by atoms with Crippen molar-refractivity contribution in [2.45, 2.75) is 18.6 Å². The Labute approximate surface area is 112 Å². The number of hydrogen-bond donors (Lipinski definition) is 3. The zero-order valence-corrected chi connectivity index (χ0v) is 12.2. The van der Waals surface area contributed by atoms with Crippen LogP contribution in [0.4, 0.5) is 11.6 Å². The number of nitrogens with one attached hydrogen (secondary N) is 2. The summed E-state index contributed by atoms with van der Waals surface area (Å²) in [5.41, 5.74) is 2.38. The van der Waals surface area contributed by atoms with E-state index in [1.165, 1.54) is 19.7 Å². The molecule has 4 N–H and O–H groups in total. The molecule has 0 radical (unpaired) electrons. The quantitative estimate of drug-likeness (QED) is 0.495. The van der Waals surface area contributed by atoms with Gasteiger partial charge in [0.25, 0.3) is 0 Å². The van der Waals surface area contributed by atoms with Crippen LogP contribution in [0, 0.1) is 0 Å². The van der Waals surface area contributed by atoms with Crippen molar-refractivity contribution in [3.8, 4) is 5.75 Å². The van der Waals surface area contributed by atoms with Crippen LogP contribution in [0.2, 0.25) is 0 Å². The predicted molar refractivity (Wildman–Crippen MR) is 73.8 cm³/mol. The molecule has 0 saturated carbocycles. The summed E-state index contributed by atoms with van der Waals surface area (Å²) in [5.74, 6) is 6.32. The van der Waals surface area contributed by atoms with E-state index in [1.54, 1.807) is 13.8 Å². The number of sulfone groups is 1. The SMILES string of the molecule is COc1c(NN)ncnc1NCC(C)(C)S(C)(=O)=O. The number of hydrogen-bond acceptors (Lipinski definition) is 8. The van der Waals surface area contributed by atoms with E-state index in [0.29, 0.717) is 17.4 Å². The first-order chi connectivity index (χ1) is 8.73. The zero-order chi connectivity index (χ0) is 14.7. The van der Waals surface area contributed by atoms with Gasteiger partial charge in [0.05, 0.1) is 11.9 Å². The number of nitrogen functional groups attached to an aromatic ring is 1. The average molecular weight is 289 g/mol. The van der Waals surface area contributed by atoms with Crippen molar-refractivity contribution < 1.29 is 13.2 Å². The van der Waals surface area contributed by atoms with Crippen LogP contribution in [0.1, 0.15) is 13.8 Å². The first-order valence-electron chi connectivity index (χ1n) is 5.52. The molecule has 108 valence electrons. The van der Waals surface area contributed by atoms with E-state index < -0.39 is 14.6 Å². The van der Waals surface area contributed by atoms with E-state index in [9.17, 15) is 8.42 Å². The first kappa shape index (κ1) is 15.4. The minimum Gasteiger partial charge on any atom is -0.490 e. The molecular formula is C10H19N5O3S. The Hall–Kier alpha value is -1.61. The molecule has 19 heavy (non-hydrogen) atoms. The summed E-state index contributed by atoms with van der Waals surface area (Å²) in [6, 6.07) is 0. The molecule has 1 aromatic rings. The third-order valence-electron chi connectivity index (χ3n) is 2.83. The maximum Gasteiger partial charge on any atom is 0.205 e. The number of nitrogens with two attached hydrogens (primary N) is 1. The minimum absolute atomic E-state index is 0.184. The standard InChI is InChI=1S/C10H19N5O3S/c1-10(2,19(4,16)17)5-12-8-7(18-3)9(15-11)14-6-13-8/h6H,5,11H2,1-4H3,(H2,12,13,14,15). The van der Waals surface area contributed by atoms with Crippen molar-refractivity contribution in [3.63, 3.8) is 0 Å². The van der Waals surface area contributed by atoms with Gasteiger partial charge in [-0.25, -0.2) is 24.2 Å². The number of anilines is 2. The fourth-order valence-corrected chi connectivity index (χ4v) is 1.56. The van der Waals surface area contributed by atoms with Gasteiger partial charge in [-0.15, -0.1) is 0 Å². The van der Waals surface area contributed by atoms with Crippen LogP contribution in [0.5, 0.6) is 5.75 Å². The molecule has 0 amide bonds. The Balaban J connectivity index is 2.96. The molecule has 0 aliphatic carbocycles. The normalized spacial score (nSPS) is 12.1.